The number of fused-ring (bicyclic) bond motifs is 3. The van der Waals surface area contributed by atoms with Gasteiger partial charge in [0.1, 0.15) is 0 Å². The summed E-state index contributed by atoms with van der Waals surface area (Å²) in [7, 11) is 0. The molecule has 1 aliphatic heterocycles. The van der Waals surface area contributed by atoms with E-state index in [9.17, 15) is 9.59 Å². The maximum atomic E-state index is 13.6. The van der Waals surface area contributed by atoms with E-state index >= 15 is 0 Å². The van der Waals surface area contributed by atoms with Crippen LogP contribution in [0.2, 0.25) is 0 Å². The molecule has 1 aliphatic carbocycles. The van der Waals surface area contributed by atoms with Crippen molar-refractivity contribution in [3.05, 3.63) is 94.7 Å². The monoisotopic (exact) mass is 477 g/mol. The van der Waals surface area contributed by atoms with Crippen LogP contribution < -0.4 is 20.5 Å². The second-order valence-corrected chi connectivity index (χ2v) is 8.91. The van der Waals surface area contributed by atoms with Crippen molar-refractivity contribution in [3.8, 4) is 11.5 Å². The number of pyridine rings is 1. The summed E-state index contributed by atoms with van der Waals surface area (Å²) < 4.78 is 10.9. The SMILES string of the molecule is NC(=O)Cc1ccc(NC(=O)c2c3c(nc4ccccc24)/C(=C/c2ccc4c(c2)OCO4)CC3)cc1. The lowest BCUT2D eigenvalue weighted by molar-refractivity contribution is -0.117. The average Bonchev–Trinajstić information content (AvgIpc) is 3.50. The van der Waals surface area contributed by atoms with Gasteiger partial charge in [0.15, 0.2) is 11.5 Å². The van der Waals surface area contributed by atoms with Gasteiger partial charge >= 0.3 is 0 Å². The van der Waals surface area contributed by atoms with Gasteiger partial charge < -0.3 is 20.5 Å². The highest BCUT2D eigenvalue weighted by molar-refractivity contribution is 6.14. The molecule has 2 aliphatic rings. The van der Waals surface area contributed by atoms with Crippen LogP contribution in [0.4, 0.5) is 5.69 Å². The third-order valence-corrected chi connectivity index (χ3v) is 6.50. The van der Waals surface area contributed by atoms with Crippen molar-refractivity contribution >= 4 is 40.1 Å². The Morgan fingerprint density at radius 2 is 1.78 bits per heavy atom. The number of para-hydroxylation sites is 1. The Bertz CT molecular complexity index is 1560. The molecule has 3 aromatic carbocycles. The molecule has 0 radical (unpaired) electrons. The zero-order valence-electron chi connectivity index (χ0n) is 19.4. The van der Waals surface area contributed by atoms with Crippen molar-refractivity contribution < 1.29 is 19.1 Å². The number of allylic oxidation sites excluding steroid dienone is 1. The number of hydrogen-bond acceptors (Lipinski definition) is 5. The highest BCUT2D eigenvalue weighted by Gasteiger charge is 2.27. The molecule has 4 aromatic rings. The van der Waals surface area contributed by atoms with E-state index < -0.39 is 5.91 Å². The largest absolute Gasteiger partial charge is 0.454 e. The number of nitrogens with one attached hydrogen (secondary N) is 1. The number of nitrogens with zero attached hydrogens (tertiary/aromatic N) is 1. The van der Waals surface area contributed by atoms with Crippen LogP contribution in [0.3, 0.4) is 0 Å². The maximum Gasteiger partial charge on any atom is 0.256 e. The van der Waals surface area contributed by atoms with Crippen LogP contribution >= 0.6 is 0 Å². The van der Waals surface area contributed by atoms with Crippen molar-refractivity contribution in [1.82, 2.24) is 4.98 Å². The number of rotatable bonds is 5. The molecule has 0 saturated heterocycles. The fraction of sp³-hybridized carbons (Fsp3) is 0.138. The second kappa shape index (κ2) is 8.85. The summed E-state index contributed by atoms with van der Waals surface area (Å²) in [5.41, 5.74) is 12.0. The van der Waals surface area contributed by atoms with Gasteiger partial charge in [-0.2, -0.15) is 0 Å². The highest BCUT2D eigenvalue weighted by atomic mass is 16.7. The van der Waals surface area contributed by atoms with E-state index in [1.807, 2.05) is 42.5 Å². The number of aromatic nitrogens is 1. The molecule has 6 rings (SSSR count). The summed E-state index contributed by atoms with van der Waals surface area (Å²) in [5, 5.41) is 3.84. The van der Waals surface area contributed by atoms with Gasteiger partial charge in [-0.25, -0.2) is 4.98 Å². The van der Waals surface area contributed by atoms with Crippen LogP contribution in [-0.4, -0.2) is 23.6 Å². The first kappa shape index (κ1) is 21.9. The van der Waals surface area contributed by atoms with Gasteiger partial charge in [-0.15, -0.1) is 0 Å². The number of primary amides is 1. The first-order chi connectivity index (χ1) is 17.5. The van der Waals surface area contributed by atoms with Crippen LogP contribution in [-0.2, 0) is 17.6 Å². The maximum absolute atomic E-state index is 13.6. The quantitative estimate of drug-likeness (QED) is 0.433. The zero-order chi connectivity index (χ0) is 24.6. The molecule has 178 valence electrons. The van der Waals surface area contributed by atoms with E-state index in [0.29, 0.717) is 11.3 Å². The predicted octanol–water partition coefficient (Wildman–Crippen LogP) is 4.73. The molecular weight excluding hydrogens is 454 g/mol. The molecule has 7 heteroatoms. The first-order valence-corrected chi connectivity index (χ1v) is 11.8. The Morgan fingerprint density at radius 1 is 0.972 bits per heavy atom. The summed E-state index contributed by atoms with van der Waals surface area (Å²) in [6, 6.07) is 20.7. The summed E-state index contributed by atoms with van der Waals surface area (Å²) in [4.78, 5) is 29.7. The number of benzene rings is 3. The van der Waals surface area contributed by atoms with Gasteiger partial charge in [-0.3, -0.25) is 9.59 Å². The fourth-order valence-electron chi connectivity index (χ4n) is 4.84. The number of anilines is 1. The smallest absolute Gasteiger partial charge is 0.256 e. The molecule has 0 unspecified atom stereocenters. The third kappa shape index (κ3) is 4.05. The number of amides is 2. The number of nitrogens with two attached hydrogens (primary N) is 1. The highest BCUT2D eigenvalue weighted by Crippen LogP contribution is 2.39. The van der Waals surface area contributed by atoms with Crippen LogP contribution in [0, 0.1) is 0 Å². The molecule has 0 fully saturated rings. The first-order valence-electron chi connectivity index (χ1n) is 11.8. The minimum absolute atomic E-state index is 0.162. The summed E-state index contributed by atoms with van der Waals surface area (Å²) in [6.45, 7) is 0.234. The Kier molecular flexibility index (Phi) is 5.37. The van der Waals surface area contributed by atoms with Gasteiger partial charge in [0, 0.05) is 11.1 Å². The summed E-state index contributed by atoms with van der Waals surface area (Å²) >= 11 is 0. The molecule has 1 aromatic heterocycles. The van der Waals surface area contributed by atoms with E-state index in [1.54, 1.807) is 24.3 Å². The lowest BCUT2D eigenvalue weighted by Crippen LogP contribution is -2.16. The summed E-state index contributed by atoms with van der Waals surface area (Å²) in [5.74, 6) is 0.901. The molecule has 3 N–H and O–H groups in total. The molecule has 0 bridgehead atoms. The molecule has 0 saturated carbocycles. The van der Waals surface area contributed by atoms with Gasteiger partial charge in [-0.1, -0.05) is 36.4 Å². The van der Waals surface area contributed by atoms with Crippen molar-refractivity contribution in [2.75, 3.05) is 12.1 Å². The van der Waals surface area contributed by atoms with Crippen molar-refractivity contribution in [2.24, 2.45) is 5.73 Å². The van der Waals surface area contributed by atoms with Gasteiger partial charge in [0.05, 0.1) is 23.2 Å². The lowest BCUT2D eigenvalue weighted by atomic mass is 9.99. The molecule has 2 heterocycles. The van der Waals surface area contributed by atoms with E-state index in [2.05, 4.69) is 11.4 Å². The molecule has 7 nitrogen and oxygen atoms in total. The Hall–Kier alpha value is -4.65. The summed E-state index contributed by atoms with van der Waals surface area (Å²) in [6.07, 6.45) is 3.78. The predicted molar refractivity (Wildman–Crippen MR) is 138 cm³/mol. The average molecular weight is 478 g/mol. The molecule has 0 spiro atoms. The second-order valence-electron chi connectivity index (χ2n) is 8.91. The number of carbonyl (C=O) groups excluding carboxylic acids is 2. The standard InChI is InChI=1S/C29H23N3O4/c30-26(33)15-17-5-9-20(10-6-17)31-29(34)27-21-3-1-2-4-23(21)32-28-19(8-11-22(27)28)13-18-7-12-24-25(14-18)36-16-35-24/h1-7,9-10,12-14H,8,11,15-16H2,(H2,30,33)(H,31,34)/b19-13+. The normalized spacial score (nSPS) is 14.7. The van der Waals surface area contributed by atoms with E-state index in [1.165, 1.54) is 0 Å². The molecule has 36 heavy (non-hydrogen) atoms. The number of hydrogen-bond donors (Lipinski definition) is 2. The van der Waals surface area contributed by atoms with E-state index in [4.69, 9.17) is 20.2 Å². The lowest BCUT2D eigenvalue weighted by Gasteiger charge is -2.13. The van der Waals surface area contributed by atoms with Gasteiger partial charge in [-0.05, 0) is 71.5 Å². The minimum atomic E-state index is -0.393. The van der Waals surface area contributed by atoms with Crippen LogP contribution in [0.25, 0.3) is 22.6 Å². The van der Waals surface area contributed by atoms with Crippen molar-refractivity contribution in [1.29, 1.82) is 0 Å². The molecular formula is C29H23N3O4. The zero-order valence-corrected chi connectivity index (χ0v) is 19.4. The van der Waals surface area contributed by atoms with E-state index in [-0.39, 0.29) is 19.1 Å². The minimum Gasteiger partial charge on any atom is -0.454 e. The molecule has 2 amide bonds. The van der Waals surface area contributed by atoms with Crippen LogP contribution in [0.1, 0.15) is 39.2 Å². The number of ether oxygens (including phenoxy) is 2. The Balaban J connectivity index is 1.37. The Morgan fingerprint density at radius 3 is 2.61 bits per heavy atom. The van der Waals surface area contributed by atoms with Crippen LogP contribution in [0.5, 0.6) is 11.5 Å². The van der Waals surface area contributed by atoms with Gasteiger partial charge in [0.25, 0.3) is 5.91 Å². The molecule has 0 atom stereocenters. The Labute approximate surface area is 207 Å². The van der Waals surface area contributed by atoms with Crippen LogP contribution in [0.15, 0.2) is 66.7 Å². The topological polar surface area (TPSA) is 104 Å². The van der Waals surface area contributed by atoms with Gasteiger partial charge in [0.2, 0.25) is 12.7 Å². The van der Waals surface area contributed by atoms with Crippen molar-refractivity contribution in [3.63, 3.8) is 0 Å². The third-order valence-electron chi connectivity index (χ3n) is 6.50. The van der Waals surface area contributed by atoms with Crippen molar-refractivity contribution in [2.45, 2.75) is 19.3 Å². The fourth-order valence-corrected chi connectivity index (χ4v) is 4.84. The number of carbonyl (C=O) groups is 2. The van der Waals surface area contributed by atoms with E-state index in [0.717, 1.165) is 63.2 Å².